The van der Waals surface area contributed by atoms with Crippen molar-refractivity contribution >= 4 is 33.2 Å². The second-order valence-corrected chi connectivity index (χ2v) is 5.73. The smallest absolute Gasteiger partial charge is 0.274 e. The van der Waals surface area contributed by atoms with E-state index in [1.54, 1.807) is 12.3 Å². The van der Waals surface area contributed by atoms with Gasteiger partial charge in [-0.15, -0.1) is 0 Å². The Hall–Kier alpha value is -1.88. The van der Waals surface area contributed by atoms with Crippen LogP contribution in [0.25, 0.3) is 0 Å². The number of amides is 1. The molecule has 1 amide bonds. The molecule has 20 heavy (non-hydrogen) atoms. The van der Waals surface area contributed by atoms with Crippen LogP contribution in [-0.2, 0) is 0 Å². The molecule has 5 heteroatoms. The van der Waals surface area contributed by atoms with Gasteiger partial charge in [-0.3, -0.25) is 9.78 Å². The summed E-state index contributed by atoms with van der Waals surface area (Å²) in [4.78, 5) is 16.3. The Morgan fingerprint density at radius 1 is 1.15 bits per heavy atom. The molecule has 2 aromatic rings. The molecule has 1 aromatic heterocycles. The molecule has 1 saturated carbocycles. The predicted molar refractivity (Wildman–Crippen MR) is 83.0 cm³/mol. The van der Waals surface area contributed by atoms with E-state index in [2.05, 4.69) is 31.5 Å². The summed E-state index contributed by atoms with van der Waals surface area (Å²) in [5, 5.41) is 6.19. The molecule has 2 N–H and O–H groups in total. The lowest BCUT2D eigenvalue weighted by Gasteiger charge is -2.07. The molecule has 0 unspecified atom stereocenters. The van der Waals surface area contributed by atoms with Crippen LogP contribution in [0.3, 0.4) is 0 Å². The van der Waals surface area contributed by atoms with Gasteiger partial charge in [0, 0.05) is 28.1 Å². The number of rotatable bonds is 4. The van der Waals surface area contributed by atoms with Crippen molar-refractivity contribution in [2.24, 2.45) is 0 Å². The van der Waals surface area contributed by atoms with Crippen molar-refractivity contribution in [1.29, 1.82) is 0 Å². The lowest BCUT2D eigenvalue weighted by molar-refractivity contribution is 0.102. The number of pyridine rings is 1. The van der Waals surface area contributed by atoms with Crippen molar-refractivity contribution in [3.8, 4) is 0 Å². The summed E-state index contributed by atoms with van der Waals surface area (Å²) >= 11 is 3.36. The summed E-state index contributed by atoms with van der Waals surface area (Å²) in [5.74, 6) is -0.202. The van der Waals surface area contributed by atoms with E-state index in [1.165, 1.54) is 12.8 Å². The molecule has 0 saturated heterocycles. The molecule has 0 bridgehead atoms. The molecule has 3 rings (SSSR count). The van der Waals surface area contributed by atoms with Gasteiger partial charge in [0.2, 0.25) is 0 Å². The Bertz CT molecular complexity index is 623. The summed E-state index contributed by atoms with van der Waals surface area (Å²) in [6, 6.07) is 11.7. The SMILES string of the molecule is O=C(Nc1ccc(Br)cc1)c1cc(NC2CC2)ccn1. The van der Waals surface area contributed by atoms with Crippen molar-refractivity contribution in [3.63, 3.8) is 0 Å². The highest BCUT2D eigenvalue weighted by Crippen LogP contribution is 2.24. The van der Waals surface area contributed by atoms with Crippen LogP contribution in [0.15, 0.2) is 47.1 Å². The first-order chi connectivity index (χ1) is 9.70. The molecule has 1 aliphatic rings. The van der Waals surface area contributed by atoms with Gasteiger partial charge in [0.05, 0.1) is 0 Å². The number of aromatic nitrogens is 1. The Morgan fingerprint density at radius 3 is 2.60 bits per heavy atom. The molecule has 1 aromatic carbocycles. The molecule has 4 nitrogen and oxygen atoms in total. The Kier molecular flexibility index (Phi) is 3.69. The fraction of sp³-hybridized carbons (Fsp3) is 0.200. The molecule has 0 spiro atoms. The van der Waals surface area contributed by atoms with Gasteiger partial charge in [-0.05, 0) is 49.2 Å². The molecule has 0 atom stereocenters. The largest absolute Gasteiger partial charge is 0.382 e. The minimum absolute atomic E-state index is 0.202. The van der Waals surface area contributed by atoms with Crippen LogP contribution in [0.4, 0.5) is 11.4 Å². The topological polar surface area (TPSA) is 54.0 Å². The standard InChI is InChI=1S/C15H14BrN3O/c16-10-1-3-12(4-2-10)19-15(20)14-9-13(7-8-17-14)18-11-5-6-11/h1-4,7-9,11H,5-6H2,(H,17,18)(H,19,20). The first kappa shape index (κ1) is 13.1. The van der Waals surface area contributed by atoms with Gasteiger partial charge in [-0.1, -0.05) is 15.9 Å². The average molecular weight is 332 g/mol. The fourth-order valence-electron chi connectivity index (χ4n) is 1.84. The number of benzene rings is 1. The van der Waals surface area contributed by atoms with Crippen LogP contribution >= 0.6 is 15.9 Å². The molecular formula is C15H14BrN3O. The first-order valence-corrected chi connectivity index (χ1v) is 7.29. The maximum atomic E-state index is 12.1. The van der Waals surface area contributed by atoms with Crippen LogP contribution in [0.5, 0.6) is 0 Å². The van der Waals surface area contributed by atoms with Gasteiger partial charge in [0.25, 0.3) is 5.91 Å². The zero-order chi connectivity index (χ0) is 13.9. The monoisotopic (exact) mass is 331 g/mol. The maximum absolute atomic E-state index is 12.1. The second kappa shape index (κ2) is 5.63. The Labute approximate surface area is 125 Å². The van der Waals surface area contributed by atoms with Gasteiger partial charge >= 0.3 is 0 Å². The van der Waals surface area contributed by atoms with E-state index < -0.39 is 0 Å². The number of carbonyl (C=O) groups excluding carboxylic acids is 1. The van der Waals surface area contributed by atoms with Crippen LogP contribution < -0.4 is 10.6 Å². The molecule has 0 aliphatic heterocycles. The molecule has 1 fully saturated rings. The molecule has 102 valence electrons. The predicted octanol–water partition coefficient (Wildman–Crippen LogP) is 3.67. The highest BCUT2D eigenvalue weighted by atomic mass is 79.9. The van der Waals surface area contributed by atoms with Crippen molar-refractivity contribution in [3.05, 3.63) is 52.8 Å². The molecular weight excluding hydrogens is 318 g/mol. The van der Waals surface area contributed by atoms with E-state index in [1.807, 2.05) is 30.3 Å². The number of nitrogens with zero attached hydrogens (tertiary/aromatic N) is 1. The normalized spacial score (nSPS) is 13.8. The van der Waals surface area contributed by atoms with Gasteiger partial charge in [0.15, 0.2) is 0 Å². The third kappa shape index (κ3) is 3.36. The summed E-state index contributed by atoms with van der Waals surface area (Å²) in [6.07, 6.45) is 4.05. The van der Waals surface area contributed by atoms with Crippen molar-refractivity contribution in [1.82, 2.24) is 4.98 Å². The van der Waals surface area contributed by atoms with Crippen LogP contribution in [-0.4, -0.2) is 16.9 Å². The van der Waals surface area contributed by atoms with Gasteiger partial charge in [0.1, 0.15) is 5.69 Å². The minimum Gasteiger partial charge on any atom is -0.382 e. The van der Waals surface area contributed by atoms with Crippen molar-refractivity contribution < 1.29 is 4.79 Å². The Morgan fingerprint density at radius 2 is 1.90 bits per heavy atom. The van der Waals surface area contributed by atoms with Crippen LogP contribution in [0.1, 0.15) is 23.3 Å². The highest BCUT2D eigenvalue weighted by molar-refractivity contribution is 9.10. The van der Waals surface area contributed by atoms with E-state index >= 15 is 0 Å². The fourth-order valence-corrected chi connectivity index (χ4v) is 2.10. The van der Waals surface area contributed by atoms with E-state index in [9.17, 15) is 4.79 Å². The number of anilines is 2. The molecule has 1 heterocycles. The number of nitrogens with one attached hydrogen (secondary N) is 2. The highest BCUT2D eigenvalue weighted by Gasteiger charge is 2.21. The molecule has 1 aliphatic carbocycles. The van der Waals surface area contributed by atoms with Crippen LogP contribution in [0, 0.1) is 0 Å². The Balaban J connectivity index is 1.71. The zero-order valence-corrected chi connectivity index (χ0v) is 12.4. The third-order valence-corrected chi connectivity index (χ3v) is 3.57. The quantitative estimate of drug-likeness (QED) is 0.898. The summed E-state index contributed by atoms with van der Waals surface area (Å²) in [5.41, 5.74) is 2.11. The van der Waals surface area contributed by atoms with E-state index in [0.717, 1.165) is 15.8 Å². The first-order valence-electron chi connectivity index (χ1n) is 6.50. The summed E-state index contributed by atoms with van der Waals surface area (Å²) in [7, 11) is 0. The number of hydrogen-bond acceptors (Lipinski definition) is 3. The van der Waals surface area contributed by atoms with Gasteiger partial charge in [-0.2, -0.15) is 0 Å². The average Bonchev–Trinajstić information content (AvgIpc) is 3.25. The number of halogens is 1. The lowest BCUT2D eigenvalue weighted by atomic mass is 10.2. The maximum Gasteiger partial charge on any atom is 0.274 e. The third-order valence-electron chi connectivity index (χ3n) is 3.04. The minimum atomic E-state index is -0.202. The number of hydrogen-bond donors (Lipinski definition) is 2. The summed E-state index contributed by atoms with van der Waals surface area (Å²) in [6.45, 7) is 0. The van der Waals surface area contributed by atoms with E-state index in [0.29, 0.717) is 11.7 Å². The van der Waals surface area contributed by atoms with Crippen molar-refractivity contribution in [2.45, 2.75) is 18.9 Å². The van der Waals surface area contributed by atoms with Crippen molar-refractivity contribution in [2.75, 3.05) is 10.6 Å². The number of carbonyl (C=O) groups is 1. The summed E-state index contributed by atoms with van der Waals surface area (Å²) < 4.78 is 0.976. The lowest BCUT2D eigenvalue weighted by Crippen LogP contribution is -2.14. The molecule has 0 radical (unpaired) electrons. The van der Waals surface area contributed by atoms with Gasteiger partial charge < -0.3 is 10.6 Å². The van der Waals surface area contributed by atoms with E-state index in [4.69, 9.17) is 0 Å². The van der Waals surface area contributed by atoms with Crippen LogP contribution in [0.2, 0.25) is 0 Å². The van der Waals surface area contributed by atoms with E-state index in [-0.39, 0.29) is 5.91 Å². The second-order valence-electron chi connectivity index (χ2n) is 4.81. The van der Waals surface area contributed by atoms with Gasteiger partial charge in [-0.25, -0.2) is 0 Å². The zero-order valence-electron chi connectivity index (χ0n) is 10.8.